The maximum Gasteiger partial charge on any atom is 0.124 e. The summed E-state index contributed by atoms with van der Waals surface area (Å²) in [4.78, 5) is 8.43. The van der Waals surface area contributed by atoms with Crippen LogP contribution in [0, 0.1) is 0 Å². The van der Waals surface area contributed by atoms with E-state index in [0.717, 1.165) is 23.4 Å². The van der Waals surface area contributed by atoms with Crippen molar-refractivity contribution >= 4 is 22.6 Å². The molecule has 80 valence electrons. The average molecular weight is 226 g/mol. The highest BCUT2D eigenvalue weighted by molar-refractivity contribution is 6.16. The van der Waals surface area contributed by atoms with Crippen molar-refractivity contribution in [1.29, 1.82) is 0 Å². The lowest BCUT2D eigenvalue weighted by molar-refractivity contribution is 0.187. The lowest BCUT2D eigenvalue weighted by Crippen LogP contribution is -2.07. The van der Waals surface area contributed by atoms with Crippen LogP contribution in [0.15, 0.2) is 18.5 Å². The molecule has 0 atom stereocenters. The van der Waals surface area contributed by atoms with Crippen molar-refractivity contribution in [2.24, 2.45) is 0 Å². The highest BCUT2D eigenvalue weighted by atomic mass is 35.5. The predicted octanol–water partition coefficient (Wildman–Crippen LogP) is 1.82. The van der Waals surface area contributed by atoms with Gasteiger partial charge in [-0.3, -0.25) is 4.98 Å². The number of fused-ring (bicyclic) bond motifs is 1. The Hall–Kier alpha value is -1.13. The molecular weight excluding hydrogens is 214 g/mol. The Morgan fingerprint density at radius 2 is 2.40 bits per heavy atom. The van der Waals surface area contributed by atoms with Crippen LogP contribution < -0.4 is 0 Å². The van der Waals surface area contributed by atoms with E-state index in [9.17, 15) is 0 Å². The van der Waals surface area contributed by atoms with Crippen LogP contribution in [0.2, 0.25) is 0 Å². The number of imidazole rings is 1. The van der Waals surface area contributed by atoms with E-state index in [-0.39, 0.29) is 0 Å². The molecule has 0 fully saturated rings. The molecule has 0 aliphatic heterocycles. The third kappa shape index (κ3) is 1.96. The molecule has 0 saturated heterocycles. The smallest absolute Gasteiger partial charge is 0.124 e. The molecular formula is C10H12ClN3O. The van der Waals surface area contributed by atoms with Crippen molar-refractivity contribution in [3.63, 3.8) is 0 Å². The Balaban J connectivity index is 2.47. The van der Waals surface area contributed by atoms with Gasteiger partial charge >= 0.3 is 0 Å². The first kappa shape index (κ1) is 10.4. The second-order valence-corrected chi connectivity index (χ2v) is 3.44. The number of methoxy groups -OCH3 is 1. The zero-order valence-electron chi connectivity index (χ0n) is 8.48. The number of rotatable bonds is 4. The fourth-order valence-corrected chi connectivity index (χ4v) is 1.77. The van der Waals surface area contributed by atoms with Gasteiger partial charge in [-0.15, -0.1) is 11.6 Å². The minimum atomic E-state index is 0.401. The molecule has 2 rings (SSSR count). The first-order valence-corrected chi connectivity index (χ1v) is 5.24. The first-order valence-electron chi connectivity index (χ1n) is 4.71. The summed E-state index contributed by atoms with van der Waals surface area (Å²) in [7, 11) is 1.68. The van der Waals surface area contributed by atoms with E-state index in [1.807, 2.05) is 6.07 Å². The van der Waals surface area contributed by atoms with Gasteiger partial charge < -0.3 is 9.30 Å². The summed E-state index contributed by atoms with van der Waals surface area (Å²) < 4.78 is 7.12. The van der Waals surface area contributed by atoms with Gasteiger partial charge in [-0.1, -0.05) is 0 Å². The molecule has 15 heavy (non-hydrogen) atoms. The van der Waals surface area contributed by atoms with Gasteiger partial charge in [0.05, 0.1) is 24.2 Å². The average Bonchev–Trinajstić information content (AvgIpc) is 2.64. The fourth-order valence-electron chi connectivity index (χ4n) is 1.57. The molecule has 0 aliphatic carbocycles. The monoisotopic (exact) mass is 225 g/mol. The van der Waals surface area contributed by atoms with E-state index >= 15 is 0 Å². The highest BCUT2D eigenvalue weighted by Crippen LogP contribution is 2.15. The summed E-state index contributed by atoms with van der Waals surface area (Å²) in [5.74, 6) is 1.26. The van der Waals surface area contributed by atoms with Gasteiger partial charge in [0.2, 0.25) is 0 Å². The molecule has 0 N–H and O–H groups in total. The summed E-state index contributed by atoms with van der Waals surface area (Å²) in [6.45, 7) is 1.41. The largest absolute Gasteiger partial charge is 0.383 e. The van der Waals surface area contributed by atoms with Crippen molar-refractivity contribution in [2.75, 3.05) is 13.7 Å². The van der Waals surface area contributed by atoms with E-state index in [1.165, 1.54) is 0 Å². The van der Waals surface area contributed by atoms with Gasteiger partial charge in [0.25, 0.3) is 0 Å². The quantitative estimate of drug-likeness (QED) is 0.746. The zero-order valence-corrected chi connectivity index (χ0v) is 9.24. The molecule has 4 nitrogen and oxygen atoms in total. The van der Waals surface area contributed by atoms with E-state index in [4.69, 9.17) is 16.3 Å². The number of halogens is 1. The lowest BCUT2D eigenvalue weighted by Gasteiger charge is -2.05. The third-order valence-electron chi connectivity index (χ3n) is 2.27. The summed E-state index contributed by atoms with van der Waals surface area (Å²) in [5.41, 5.74) is 1.93. The molecule has 5 heteroatoms. The molecule has 2 aromatic rings. The van der Waals surface area contributed by atoms with E-state index < -0.39 is 0 Å². The maximum atomic E-state index is 5.84. The zero-order chi connectivity index (χ0) is 10.7. The molecule has 0 amide bonds. The molecule has 0 radical (unpaired) electrons. The number of pyridine rings is 1. The number of hydrogen-bond acceptors (Lipinski definition) is 3. The van der Waals surface area contributed by atoms with Crippen molar-refractivity contribution in [2.45, 2.75) is 12.4 Å². The second kappa shape index (κ2) is 4.59. The van der Waals surface area contributed by atoms with Gasteiger partial charge in [-0.05, 0) is 6.07 Å². The van der Waals surface area contributed by atoms with Crippen molar-refractivity contribution in [3.05, 3.63) is 24.3 Å². The fraction of sp³-hybridized carbons (Fsp3) is 0.400. The van der Waals surface area contributed by atoms with Crippen molar-refractivity contribution in [1.82, 2.24) is 14.5 Å². The molecule has 0 saturated carbocycles. The normalized spacial score (nSPS) is 11.1. The topological polar surface area (TPSA) is 39.9 Å². The SMILES string of the molecule is COCCn1c(CCl)nc2cnccc21. The summed E-state index contributed by atoms with van der Waals surface area (Å²) in [6.07, 6.45) is 3.50. The summed E-state index contributed by atoms with van der Waals surface area (Å²) in [5, 5.41) is 0. The molecule has 0 aliphatic rings. The van der Waals surface area contributed by atoms with Crippen LogP contribution in [0.25, 0.3) is 11.0 Å². The summed E-state index contributed by atoms with van der Waals surface area (Å²) >= 11 is 5.84. The maximum absolute atomic E-state index is 5.84. The molecule has 0 spiro atoms. The highest BCUT2D eigenvalue weighted by Gasteiger charge is 2.08. The number of aromatic nitrogens is 3. The Morgan fingerprint density at radius 3 is 3.13 bits per heavy atom. The van der Waals surface area contributed by atoms with Gasteiger partial charge in [-0.2, -0.15) is 0 Å². The van der Waals surface area contributed by atoms with Gasteiger partial charge in [-0.25, -0.2) is 4.98 Å². The van der Waals surface area contributed by atoms with E-state index in [0.29, 0.717) is 12.5 Å². The molecule has 0 aromatic carbocycles. The van der Waals surface area contributed by atoms with Crippen LogP contribution in [0.3, 0.4) is 0 Å². The first-order chi connectivity index (χ1) is 7.36. The van der Waals surface area contributed by atoms with Crippen LogP contribution in [0.4, 0.5) is 0 Å². The van der Waals surface area contributed by atoms with Crippen molar-refractivity contribution in [3.8, 4) is 0 Å². The number of ether oxygens (including phenoxy) is 1. The van der Waals surface area contributed by atoms with Gasteiger partial charge in [0.1, 0.15) is 11.3 Å². The van der Waals surface area contributed by atoms with Crippen LogP contribution >= 0.6 is 11.6 Å². The molecule has 2 aromatic heterocycles. The van der Waals surface area contributed by atoms with Gasteiger partial charge in [0, 0.05) is 19.9 Å². The molecule has 0 bridgehead atoms. The van der Waals surface area contributed by atoms with E-state index in [1.54, 1.807) is 19.5 Å². The Labute approximate surface area is 92.8 Å². The van der Waals surface area contributed by atoms with Crippen LogP contribution in [-0.2, 0) is 17.2 Å². The van der Waals surface area contributed by atoms with Crippen molar-refractivity contribution < 1.29 is 4.74 Å². The minimum Gasteiger partial charge on any atom is -0.383 e. The van der Waals surface area contributed by atoms with E-state index in [2.05, 4.69) is 14.5 Å². The third-order valence-corrected chi connectivity index (χ3v) is 2.51. The standard InChI is InChI=1S/C10H12ClN3O/c1-15-5-4-14-9-2-3-12-7-8(9)13-10(14)6-11/h2-3,7H,4-6H2,1H3. The molecule has 2 heterocycles. The Kier molecular flexibility index (Phi) is 3.18. The molecule has 0 unspecified atom stereocenters. The number of hydrogen-bond donors (Lipinski definition) is 0. The Bertz CT molecular complexity index is 455. The predicted molar refractivity (Wildman–Crippen MR) is 59.0 cm³/mol. The van der Waals surface area contributed by atoms with Gasteiger partial charge in [0.15, 0.2) is 0 Å². The van der Waals surface area contributed by atoms with Crippen LogP contribution in [0.1, 0.15) is 5.82 Å². The Morgan fingerprint density at radius 1 is 1.53 bits per heavy atom. The number of alkyl halides is 1. The summed E-state index contributed by atoms with van der Waals surface area (Å²) in [6, 6.07) is 1.94. The minimum absolute atomic E-state index is 0.401. The number of nitrogens with zero attached hydrogens (tertiary/aromatic N) is 3. The van der Waals surface area contributed by atoms with Crippen LogP contribution in [0.5, 0.6) is 0 Å². The second-order valence-electron chi connectivity index (χ2n) is 3.17. The lowest BCUT2D eigenvalue weighted by atomic mass is 10.4. The van der Waals surface area contributed by atoms with Crippen LogP contribution in [-0.4, -0.2) is 28.3 Å².